The van der Waals surface area contributed by atoms with Crippen LogP contribution in [0.3, 0.4) is 0 Å². The van der Waals surface area contributed by atoms with Gasteiger partial charge in [-0.25, -0.2) is 9.48 Å². The van der Waals surface area contributed by atoms with Crippen molar-refractivity contribution in [2.45, 2.75) is 25.6 Å². The molecule has 7 heteroatoms. The smallest absolute Gasteiger partial charge is 0.326 e. The quantitative estimate of drug-likeness (QED) is 0.736. The van der Waals surface area contributed by atoms with Crippen LogP contribution < -0.4 is 5.56 Å². The molecule has 4 rings (SSSR count). The molecule has 146 valence electrons. The Morgan fingerprint density at radius 3 is 2.38 bits per heavy atom. The largest absolute Gasteiger partial charge is 0.480 e. The Balaban J connectivity index is 1.62. The maximum atomic E-state index is 13.0. The summed E-state index contributed by atoms with van der Waals surface area (Å²) >= 11 is 0. The lowest BCUT2D eigenvalue weighted by atomic mass is 9.94. The van der Waals surface area contributed by atoms with E-state index in [1.54, 1.807) is 6.07 Å². The number of carbonyl (C=O) groups is 2. The van der Waals surface area contributed by atoms with Crippen molar-refractivity contribution < 1.29 is 14.7 Å². The Kier molecular flexibility index (Phi) is 4.95. The van der Waals surface area contributed by atoms with E-state index in [2.05, 4.69) is 5.10 Å². The van der Waals surface area contributed by atoms with Gasteiger partial charge in [0, 0.05) is 24.6 Å². The van der Waals surface area contributed by atoms with Crippen LogP contribution in [0.25, 0.3) is 11.3 Å². The van der Waals surface area contributed by atoms with Gasteiger partial charge in [-0.1, -0.05) is 54.6 Å². The average Bonchev–Trinajstić information content (AvgIpc) is 2.74. The van der Waals surface area contributed by atoms with Gasteiger partial charge in [-0.05, 0) is 17.2 Å². The summed E-state index contributed by atoms with van der Waals surface area (Å²) in [5.74, 6) is -1.52. The van der Waals surface area contributed by atoms with Crippen LogP contribution in [0.2, 0.25) is 0 Å². The predicted octanol–water partition coefficient (Wildman–Crippen LogP) is 1.95. The Bertz CT molecular complexity index is 1120. The molecule has 1 aliphatic heterocycles. The Morgan fingerprint density at radius 1 is 0.966 bits per heavy atom. The summed E-state index contributed by atoms with van der Waals surface area (Å²) in [5, 5.41) is 13.9. The number of aliphatic carboxylic acids is 1. The number of amides is 1. The number of benzene rings is 2. The fourth-order valence-corrected chi connectivity index (χ4v) is 3.55. The van der Waals surface area contributed by atoms with Gasteiger partial charge in [0.1, 0.15) is 12.6 Å². The molecule has 1 amide bonds. The van der Waals surface area contributed by atoms with Crippen LogP contribution >= 0.6 is 0 Å². The average molecular weight is 389 g/mol. The Hall–Kier alpha value is -3.74. The van der Waals surface area contributed by atoms with Crippen molar-refractivity contribution >= 4 is 11.9 Å². The molecule has 0 aliphatic carbocycles. The molecule has 1 aliphatic rings. The van der Waals surface area contributed by atoms with E-state index < -0.39 is 23.5 Å². The van der Waals surface area contributed by atoms with Crippen molar-refractivity contribution in [1.29, 1.82) is 0 Å². The molecule has 0 fully saturated rings. The topological polar surface area (TPSA) is 92.5 Å². The number of nitrogens with zero attached hydrogens (tertiary/aromatic N) is 3. The molecule has 0 bridgehead atoms. The van der Waals surface area contributed by atoms with Crippen molar-refractivity contribution in [2.75, 3.05) is 0 Å². The molecule has 29 heavy (non-hydrogen) atoms. The zero-order valence-corrected chi connectivity index (χ0v) is 15.6. The predicted molar refractivity (Wildman–Crippen MR) is 106 cm³/mol. The van der Waals surface area contributed by atoms with Gasteiger partial charge < -0.3 is 10.0 Å². The normalized spacial score (nSPS) is 15.6. The second-order valence-electron chi connectivity index (χ2n) is 6.93. The van der Waals surface area contributed by atoms with Gasteiger partial charge in [0.25, 0.3) is 5.56 Å². The first-order valence-electron chi connectivity index (χ1n) is 9.25. The molecular weight excluding hydrogens is 370 g/mol. The molecule has 1 aromatic heterocycles. The van der Waals surface area contributed by atoms with Gasteiger partial charge in [-0.3, -0.25) is 9.59 Å². The molecule has 2 aromatic carbocycles. The van der Waals surface area contributed by atoms with E-state index >= 15 is 0 Å². The monoisotopic (exact) mass is 389 g/mol. The van der Waals surface area contributed by atoms with Gasteiger partial charge in [0.2, 0.25) is 5.91 Å². The first-order valence-corrected chi connectivity index (χ1v) is 9.25. The molecule has 1 unspecified atom stereocenters. The molecule has 3 aromatic rings. The van der Waals surface area contributed by atoms with E-state index in [-0.39, 0.29) is 19.5 Å². The van der Waals surface area contributed by atoms with Crippen LogP contribution in [0.5, 0.6) is 0 Å². The van der Waals surface area contributed by atoms with Crippen LogP contribution in [0.15, 0.2) is 71.5 Å². The zero-order valence-electron chi connectivity index (χ0n) is 15.6. The highest BCUT2D eigenvalue weighted by Crippen LogP contribution is 2.24. The molecule has 2 heterocycles. The van der Waals surface area contributed by atoms with Crippen LogP contribution in [0.1, 0.15) is 11.1 Å². The minimum absolute atomic E-state index is 0.194. The van der Waals surface area contributed by atoms with E-state index in [9.17, 15) is 19.5 Å². The Labute approximate surface area is 166 Å². The fourth-order valence-electron chi connectivity index (χ4n) is 3.55. The van der Waals surface area contributed by atoms with E-state index in [4.69, 9.17) is 0 Å². The summed E-state index contributed by atoms with van der Waals surface area (Å²) in [6.45, 7) is -0.120. The lowest BCUT2D eigenvalue weighted by molar-refractivity contribution is -0.151. The molecule has 1 atom stereocenters. The molecular formula is C22H19N3O4. The summed E-state index contributed by atoms with van der Waals surface area (Å²) < 4.78 is 1.09. The first-order chi connectivity index (χ1) is 14.0. The minimum Gasteiger partial charge on any atom is -0.480 e. The number of carboxylic acid groups (broad SMARTS) is 1. The lowest BCUT2D eigenvalue weighted by Crippen LogP contribution is -2.50. The summed E-state index contributed by atoms with van der Waals surface area (Å²) in [6.07, 6.45) is 0.240. The van der Waals surface area contributed by atoms with Gasteiger partial charge in [0.05, 0.1) is 5.69 Å². The third-order valence-corrected chi connectivity index (χ3v) is 5.08. The molecule has 0 radical (unpaired) electrons. The van der Waals surface area contributed by atoms with Crippen LogP contribution in [0, 0.1) is 0 Å². The third-order valence-electron chi connectivity index (χ3n) is 5.08. The van der Waals surface area contributed by atoms with Crippen molar-refractivity contribution in [3.8, 4) is 11.3 Å². The zero-order chi connectivity index (χ0) is 20.4. The highest BCUT2D eigenvalue weighted by Gasteiger charge is 2.34. The van der Waals surface area contributed by atoms with Gasteiger partial charge in [-0.15, -0.1) is 0 Å². The van der Waals surface area contributed by atoms with E-state index in [1.165, 1.54) is 11.0 Å². The second kappa shape index (κ2) is 7.71. The molecule has 7 nitrogen and oxygen atoms in total. The third kappa shape index (κ3) is 3.80. The summed E-state index contributed by atoms with van der Waals surface area (Å²) in [4.78, 5) is 38.3. The van der Waals surface area contributed by atoms with Crippen LogP contribution in [0.4, 0.5) is 0 Å². The summed E-state index contributed by atoms with van der Waals surface area (Å²) in [5.41, 5.74) is 2.81. The van der Waals surface area contributed by atoms with Crippen molar-refractivity contribution in [3.05, 3.63) is 88.2 Å². The molecule has 1 N–H and O–H groups in total. The molecule has 0 saturated heterocycles. The molecule has 0 spiro atoms. The number of hydrogen-bond acceptors (Lipinski definition) is 4. The maximum Gasteiger partial charge on any atom is 0.326 e. The van der Waals surface area contributed by atoms with Crippen LogP contribution in [-0.2, 0) is 29.1 Å². The van der Waals surface area contributed by atoms with Crippen molar-refractivity contribution in [1.82, 2.24) is 14.7 Å². The minimum atomic E-state index is -1.06. The standard InChI is InChI=1S/C22H19N3O4/c26-20-11-10-18(15-6-2-1-3-7-15)23-25(20)14-21(27)24-13-17-9-5-4-8-16(17)12-19(24)22(28)29/h1-11,19H,12-14H2,(H,28,29). The fraction of sp³-hybridized carbons (Fsp3) is 0.182. The van der Waals surface area contributed by atoms with E-state index in [0.717, 1.165) is 21.4 Å². The van der Waals surface area contributed by atoms with Crippen molar-refractivity contribution in [2.24, 2.45) is 0 Å². The van der Waals surface area contributed by atoms with Crippen molar-refractivity contribution in [3.63, 3.8) is 0 Å². The second-order valence-corrected chi connectivity index (χ2v) is 6.93. The SMILES string of the molecule is O=C(O)C1Cc2ccccc2CN1C(=O)Cn1nc(-c2ccccc2)ccc1=O. The van der Waals surface area contributed by atoms with E-state index in [0.29, 0.717) is 5.69 Å². The number of carbonyl (C=O) groups excluding carboxylic acids is 1. The van der Waals surface area contributed by atoms with Gasteiger partial charge in [0.15, 0.2) is 0 Å². The number of hydrogen-bond donors (Lipinski definition) is 1. The maximum absolute atomic E-state index is 13.0. The number of carboxylic acids is 1. The van der Waals surface area contributed by atoms with Gasteiger partial charge in [-0.2, -0.15) is 5.10 Å². The highest BCUT2D eigenvalue weighted by atomic mass is 16.4. The summed E-state index contributed by atoms with van der Waals surface area (Å²) in [7, 11) is 0. The number of rotatable bonds is 4. The Morgan fingerprint density at radius 2 is 1.66 bits per heavy atom. The lowest BCUT2D eigenvalue weighted by Gasteiger charge is -2.34. The summed E-state index contributed by atoms with van der Waals surface area (Å²) in [6, 6.07) is 18.8. The first kappa shape index (κ1) is 18.6. The van der Waals surface area contributed by atoms with Crippen LogP contribution in [-0.4, -0.2) is 37.7 Å². The molecule has 0 saturated carbocycles. The highest BCUT2D eigenvalue weighted by molar-refractivity contribution is 5.84. The number of fused-ring (bicyclic) bond motifs is 1. The van der Waals surface area contributed by atoms with Gasteiger partial charge >= 0.3 is 5.97 Å². The van der Waals surface area contributed by atoms with E-state index in [1.807, 2.05) is 54.6 Å². The number of aromatic nitrogens is 2.